The standard InChI is InChI=1S/C17H22N2O2/c1-19(2)17(21)12(9-10-20)11-7-8-15-16(11)13-5-3-4-6-14(13)18-15/h3-6,11-12,18,20H,7-10H2,1-2H3. The lowest BCUT2D eigenvalue weighted by Gasteiger charge is -2.25. The van der Waals surface area contributed by atoms with Gasteiger partial charge in [0, 0.05) is 43.2 Å². The molecule has 112 valence electrons. The summed E-state index contributed by atoms with van der Waals surface area (Å²) in [6.45, 7) is 0.0540. The maximum absolute atomic E-state index is 12.5. The normalized spacial score (nSPS) is 18.7. The summed E-state index contributed by atoms with van der Waals surface area (Å²) in [7, 11) is 3.58. The van der Waals surface area contributed by atoms with Gasteiger partial charge >= 0.3 is 0 Å². The van der Waals surface area contributed by atoms with Crippen molar-refractivity contribution in [3.8, 4) is 0 Å². The van der Waals surface area contributed by atoms with Crippen LogP contribution in [0.5, 0.6) is 0 Å². The molecule has 3 rings (SSSR count). The van der Waals surface area contributed by atoms with Gasteiger partial charge in [-0.25, -0.2) is 0 Å². The summed E-state index contributed by atoms with van der Waals surface area (Å²) in [5.74, 6) is 0.191. The number of aliphatic hydroxyl groups is 1. The van der Waals surface area contributed by atoms with Crippen LogP contribution in [0.3, 0.4) is 0 Å². The Bertz CT molecular complexity index is 660. The van der Waals surface area contributed by atoms with Crippen LogP contribution in [0.1, 0.15) is 30.0 Å². The highest BCUT2D eigenvalue weighted by Gasteiger charge is 2.36. The molecule has 4 heteroatoms. The summed E-state index contributed by atoms with van der Waals surface area (Å²) < 4.78 is 0. The van der Waals surface area contributed by atoms with Crippen LogP contribution in [0.25, 0.3) is 10.9 Å². The first-order chi connectivity index (χ1) is 10.1. The van der Waals surface area contributed by atoms with Gasteiger partial charge in [0.05, 0.1) is 0 Å². The quantitative estimate of drug-likeness (QED) is 0.906. The molecular weight excluding hydrogens is 264 g/mol. The molecule has 1 aromatic carbocycles. The summed E-state index contributed by atoms with van der Waals surface area (Å²) in [5, 5.41) is 10.6. The average Bonchev–Trinajstić information content (AvgIpc) is 3.03. The summed E-state index contributed by atoms with van der Waals surface area (Å²) in [5.41, 5.74) is 3.70. The zero-order valence-electron chi connectivity index (χ0n) is 12.6. The predicted molar refractivity (Wildman–Crippen MR) is 83.2 cm³/mol. The van der Waals surface area contributed by atoms with E-state index in [4.69, 9.17) is 0 Å². The lowest BCUT2D eigenvalue weighted by molar-refractivity contribution is -0.134. The molecule has 21 heavy (non-hydrogen) atoms. The number of aromatic amines is 1. The van der Waals surface area contributed by atoms with Crippen molar-refractivity contribution in [1.82, 2.24) is 9.88 Å². The smallest absolute Gasteiger partial charge is 0.225 e. The van der Waals surface area contributed by atoms with E-state index < -0.39 is 0 Å². The number of fused-ring (bicyclic) bond motifs is 3. The van der Waals surface area contributed by atoms with Crippen molar-refractivity contribution in [3.63, 3.8) is 0 Å². The van der Waals surface area contributed by atoms with Crippen LogP contribution in [0.4, 0.5) is 0 Å². The fourth-order valence-corrected chi connectivity index (χ4v) is 3.65. The van der Waals surface area contributed by atoms with Crippen LogP contribution in [-0.4, -0.2) is 41.6 Å². The van der Waals surface area contributed by atoms with Gasteiger partial charge in [0.2, 0.25) is 5.91 Å². The van der Waals surface area contributed by atoms with Crippen LogP contribution in [0.2, 0.25) is 0 Å². The molecule has 0 saturated heterocycles. The number of hydrogen-bond donors (Lipinski definition) is 2. The first-order valence-electron chi connectivity index (χ1n) is 7.55. The Morgan fingerprint density at radius 3 is 2.90 bits per heavy atom. The molecule has 1 aromatic heterocycles. The van der Waals surface area contributed by atoms with Gasteiger partial charge in [-0.05, 0) is 36.8 Å². The number of rotatable bonds is 4. The van der Waals surface area contributed by atoms with Crippen molar-refractivity contribution in [3.05, 3.63) is 35.5 Å². The van der Waals surface area contributed by atoms with Gasteiger partial charge in [-0.15, -0.1) is 0 Å². The van der Waals surface area contributed by atoms with E-state index in [1.807, 2.05) is 12.1 Å². The Labute approximate surface area is 124 Å². The SMILES string of the molecule is CN(C)C(=O)C(CCO)C1CCc2[nH]c3ccccc3c21. The molecule has 1 aliphatic rings. The lowest BCUT2D eigenvalue weighted by atomic mass is 9.83. The maximum Gasteiger partial charge on any atom is 0.225 e. The second-order valence-corrected chi connectivity index (χ2v) is 6.06. The van der Waals surface area contributed by atoms with Crippen LogP contribution in [0, 0.1) is 5.92 Å². The Morgan fingerprint density at radius 1 is 1.43 bits per heavy atom. The third kappa shape index (κ3) is 2.33. The van der Waals surface area contributed by atoms with Crippen molar-refractivity contribution in [1.29, 1.82) is 0 Å². The minimum atomic E-state index is -0.134. The molecule has 0 radical (unpaired) electrons. The topological polar surface area (TPSA) is 56.3 Å². The number of hydrogen-bond acceptors (Lipinski definition) is 2. The molecule has 0 saturated carbocycles. The van der Waals surface area contributed by atoms with E-state index >= 15 is 0 Å². The van der Waals surface area contributed by atoms with Crippen molar-refractivity contribution >= 4 is 16.8 Å². The van der Waals surface area contributed by atoms with E-state index in [1.165, 1.54) is 16.6 Å². The number of carbonyl (C=O) groups is 1. The zero-order valence-corrected chi connectivity index (χ0v) is 12.6. The molecule has 0 fully saturated rings. The number of aliphatic hydroxyl groups excluding tert-OH is 1. The van der Waals surface area contributed by atoms with Crippen LogP contribution in [0.15, 0.2) is 24.3 Å². The largest absolute Gasteiger partial charge is 0.396 e. The molecule has 1 amide bonds. The van der Waals surface area contributed by atoms with E-state index in [0.29, 0.717) is 6.42 Å². The zero-order chi connectivity index (χ0) is 15.0. The number of benzene rings is 1. The molecule has 1 heterocycles. The van der Waals surface area contributed by atoms with Gasteiger partial charge in [0.15, 0.2) is 0 Å². The number of para-hydroxylation sites is 1. The molecule has 2 atom stereocenters. The number of nitrogens with one attached hydrogen (secondary N) is 1. The fourth-order valence-electron chi connectivity index (χ4n) is 3.65. The number of amides is 1. The number of aromatic nitrogens is 1. The first-order valence-corrected chi connectivity index (χ1v) is 7.55. The molecule has 0 bridgehead atoms. The number of H-pyrrole nitrogens is 1. The highest BCUT2D eigenvalue weighted by Crippen LogP contribution is 2.44. The molecule has 1 aliphatic carbocycles. The van der Waals surface area contributed by atoms with Crippen LogP contribution >= 0.6 is 0 Å². The first kappa shape index (κ1) is 14.1. The van der Waals surface area contributed by atoms with Crippen molar-refractivity contribution in [2.45, 2.75) is 25.2 Å². The summed E-state index contributed by atoms with van der Waals surface area (Å²) in [6, 6.07) is 8.28. The molecular formula is C17H22N2O2. The molecule has 2 unspecified atom stereocenters. The number of carbonyl (C=O) groups excluding carboxylic acids is 1. The maximum atomic E-state index is 12.5. The molecule has 0 aliphatic heterocycles. The Hall–Kier alpha value is -1.81. The average molecular weight is 286 g/mol. The van der Waals surface area contributed by atoms with Gasteiger partial charge in [-0.3, -0.25) is 4.79 Å². The monoisotopic (exact) mass is 286 g/mol. The van der Waals surface area contributed by atoms with Crippen molar-refractivity contribution < 1.29 is 9.90 Å². The summed E-state index contributed by atoms with van der Waals surface area (Å²) in [4.78, 5) is 17.6. The minimum Gasteiger partial charge on any atom is -0.396 e. The molecule has 4 nitrogen and oxygen atoms in total. The van der Waals surface area contributed by atoms with Crippen LogP contribution < -0.4 is 0 Å². The fraction of sp³-hybridized carbons (Fsp3) is 0.471. The van der Waals surface area contributed by atoms with Gasteiger partial charge in [0.25, 0.3) is 0 Å². The predicted octanol–water partition coefficient (Wildman–Crippen LogP) is 2.28. The molecule has 2 N–H and O–H groups in total. The van der Waals surface area contributed by atoms with Gasteiger partial charge in [-0.1, -0.05) is 18.2 Å². The van der Waals surface area contributed by atoms with E-state index in [0.717, 1.165) is 18.4 Å². The lowest BCUT2D eigenvalue weighted by Crippen LogP contribution is -2.33. The van der Waals surface area contributed by atoms with Gasteiger partial charge in [0.1, 0.15) is 0 Å². The van der Waals surface area contributed by atoms with Crippen molar-refractivity contribution in [2.24, 2.45) is 5.92 Å². The van der Waals surface area contributed by atoms with Gasteiger partial charge < -0.3 is 15.0 Å². The third-order valence-corrected chi connectivity index (χ3v) is 4.59. The third-order valence-electron chi connectivity index (χ3n) is 4.59. The van der Waals surface area contributed by atoms with E-state index in [-0.39, 0.29) is 24.3 Å². The Kier molecular flexibility index (Phi) is 3.72. The molecule has 2 aromatic rings. The van der Waals surface area contributed by atoms with E-state index in [9.17, 15) is 9.90 Å². The highest BCUT2D eigenvalue weighted by atomic mass is 16.3. The second kappa shape index (κ2) is 5.53. The number of aryl methyl sites for hydroxylation is 1. The van der Waals surface area contributed by atoms with Crippen LogP contribution in [-0.2, 0) is 11.2 Å². The summed E-state index contributed by atoms with van der Waals surface area (Å²) in [6.07, 6.45) is 2.49. The Balaban J connectivity index is 2.03. The highest BCUT2D eigenvalue weighted by molar-refractivity contribution is 5.88. The molecule has 0 spiro atoms. The minimum absolute atomic E-state index is 0.0540. The summed E-state index contributed by atoms with van der Waals surface area (Å²) >= 11 is 0. The van der Waals surface area contributed by atoms with Gasteiger partial charge in [-0.2, -0.15) is 0 Å². The van der Waals surface area contributed by atoms with Crippen molar-refractivity contribution in [2.75, 3.05) is 20.7 Å². The Morgan fingerprint density at radius 2 is 2.19 bits per heavy atom. The second-order valence-electron chi connectivity index (χ2n) is 6.06. The van der Waals surface area contributed by atoms with E-state index in [2.05, 4.69) is 17.1 Å². The number of nitrogens with zero attached hydrogens (tertiary/aromatic N) is 1. The van der Waals surface area contributed by atoms with E-state index in [1.54, 1.807) is 19.0 Å².